The fraction of sp³-hybridized carbons (Fsp3) is 0.818. The summed E-state index contributed by atoms with van der Waals surface area (Å²) in [7, 11) is 2.73. The van der Waals surface area contributed by atoms with Crippen molar-refractivity contribution in [3.63, 3.8) is 0 Å². The van der Waals surface area contributed by atoms with Gasteiger partial charge >= 0.3 is 11.9 Å². The van der Waals surface area contributed by atoms with Gasteiger partial charge in [0.15, 0.2) is 0 Å². The van der Waals surface area contributed by atoms with Gasteiger partial charge in [-0.1, -0.05) is 20.8 Å². The maximum Gasteiger partial charge on any atom is 0.308 e. The van der Waals surface area contributed by atoms with Crippen LogP contribution in [0.3, 0.4) is 0 Å². The first-order valence-corrected chi connectivity index (χ1v) is 4.97. The van der Waals surface area contributed by atoms with Gasteiger partial charge in [-0.2, -0.15) is 0 Å². The second-order valence-corrected chi connectivity index (χ2v) is 4.55. The summed E-state index contributed by atoms with van der Waals surface area (Å²) in [6.45, 7) is 5.66. The van der Waals surface area contributed by atoms with Gasteiger partial charge in [0.25, 0.3) is 0 Å². The van der Waals surface area contributed by atoms with Crippen molar-refractivity contribution in [2.24, 2.45) is 11.3 Å². The molecule has 0 aromatic carbocycles. The van der Waals surface area contributed by atoms with Crippen LogP contribution in [0.1, 0.15) is 33.6 Å². The summed E-state index contributed by atoms with van der Waals surface area (Å²) in [5.41, 5.74) is -0.249. The lowest BCUT2D eigenvalue weighted by molar-refractivity contribution is -0.148. The van der Waals surface area contributed by atoms with Crippen molar-refractivity contribution in [2.45, 2.75) is 33.6 Å². The van der Waals surface area contributed by atoms with E-state index in [0.717, 1.165) is 0 Å². The SMILES string of the molecule is COC(=O)CC(C)(C)CC(C)C(=O)OC. The third-order valence-electron chi connectivity index (χ3n) is 2.31. The minimum absolute atomic E-state index is 0.199. The van der Waals surface area contributed by atoms with Crippen molar-refractivity contribution >= 4 is 11.9 Å². The van der Waals surface area contributed by atoms with Crippen molar-refractivity contribution in [3.05, 3.63) is 0 Å². The Kier molecular flexibility index (Phi) is 5.33. The number of hydrogen-bond donors (Lipinski definition) is 0. The average Bonchev–Trinajstić information content (AvgIpc) is 2.14. The van der Waals surface area contributed by atoms with Gasteiger partial charge in [-0.25, -0.2) is 0 Å². The van der Waals surface area contributed by atoms with E-state index in [0.29, 0.717) is 12.8 Å². The lowest BCUT2D eigenvalue weighted by Crippen LogP contribution is -2.25. The molecule has 0 aromatic rings. The van der Waals surface area contributed by atoms with Crippen molar-refractivity contribution in [2.75, 3.05) is 14.2 Å². The molecule has 1 unspecified atom stereocenters. The van der Waals surface area contributed by atoms with Crippen LogP contribution in [0.15, 0.2) is 0 Å². The van der Waals surface area contributed by atoms with Crippen LogP contribution >= 0.6 is 0 Å². The summed E-state index contributed by atoms with van der Waals surface area (Å²) in [6, 6.07) is 0. The maximum absolute atomic E-state index is 11.2. The predicted molar refractivity (Wildman–Crippen MR) is 56.2 cm³/mol. The zero-order chi connectivity index (χ0) is 12.1. The monoisotopic (exact) mass is 216 g/mol. The number of ether oxygens (including phenoxy) is 2. The van der Waals surface area contributed by atoms with Gasteiger partial charge in [0, 0.05) is 0 Å². The average molecular weight is 216 g/mol. The fourth-order valence-corrected chi connectivity index (χ4v) is 1.65. The second kappa shape index (κ2) is 5.73. The minimum atomic E-state index is -0.253. The largest absolute Gasteiger partial charge is 0.469 e. The molecule has 0 aliphatic carbocycles. The van der Waals surface area contributed by atoms with E-state index in [2.05, 4.69) is 9.47 Å². The molecule has 0 spiro atoms. The molecular formula is C11H20O4. The summed E-state index contributed by atoms with van der Waals surface area (Å²) >= 11 is 0. The van der Waals surface area contributed by atoms with E-state index >= 15 is 0 Å². The number of rotatable bonds is 5. The fourth-order valence-electron chi connectivity index (χ4n) is 1.65. The Morgan fingerprint density at radius 3 is 2.13 bits per heavy atom. The van der Waals surface area contributed by atoms with Gasteiger partial charge in [-0.15, -0.1) is 0 Å². The highest BCUT2D eigenvalue weighted by Crippen LogP contribution is 2.30. The topological polar surface area (TPSA) is 52.6 Å². The van der Waals surface area contributed by atoms with Crippen LogP contribution in [0.2, 0.25) is 0 Å². The van der Waals surface area contributed by atoms with Crippen LogP contribution in [0.4, 0.5) is 0 Å². The third kappa shape index (κ3) is 5.40. The van der Waals surface area contributed by atoms with Crippen molar-refractivity contribution in [1.29, 1.82) is 0 Å². The smallest absolute Gasteiger partial charge is 0.308 e. The first-order chi connectivity index (χ1) is 6.82. The highest BCUT2D eigenvalue weighted by molar-refractivity contribution is 5.72. The molecule has 0 heterocycles. The van der Waals surface area contributed by atoms with E-state index in [1.165, 1.54) is 14.2 Å². The summed E-state index contributed by atoms with van der Waals surface area (Å²) in [4.78, 5) is 22.3. The summed E-state index contributed by atoms with van der Waals surface area (Å²) in [5.74, 6) is -0.695. The summed E-state index contributed by atoms with van der Waals surface area (Å²) in [6.07, 6.45) is 0.916. The predicted octanol–water partition coefficient (Wildman–Crippen LogP) is 1.77. The van der Waals surface area contributed by atoms with E-state index in [4.69, 9.17) is 0 Å². The van der Waals surface area contributed by atoms with Crippen LogP contribution in [0.25, 0.3) is 0 Å². The molecule has 15 heavy (non-hydrogen) atoms. The molecule has 0 amide bonds. The van der Waals surface area contributed by atoms with E-state index in [1.54, 1.807) is 6.92 Å². The quantitative estimate of drug-likeness (QED) is 0.657. The molecule has 0 aliphatic rings. The minimum Gasteiger partial charge on any atom is -0.469 e. The molecule has 1 atom stereocenters. The number of esters is 2. The molecule has 0 saturated carbocycles. The molecule has 0 aromatic heterocycles. The molecule has 0 aliphatic heterocycles. The van der Waals surface area contributed by atoms with Gasteiger partial charge in [0.2, 0.25) is 0 Å². The van der Waals surface area contributed by atoms with Crippen LogP contribution in [0, 0.1) is 11.3 Å². The maximum atomic E-state index is 11.2. The summed E-state index contributed by atoms with van der Waals surface area (Å²) < 4.78 is 9.23. The molecule has 0 rings (SSSR count). The molecular weight excluding hydrogens is 196 g/mol. The van der Waals surface area contributed by atoms with Gasteiger partial charge in [-0.05, 0) is 11.8 Å². The Morgan fingerprint density at radius 2 is 1.73 bits per heavy atom. The van der Waals surface area contributed by atoms with Crippen LogP contribution < -0.4 is 0 Å². The third-order valence-corrected chi connectivity index (χ3v) is 2.31. The van der Waals surface area contributed by atoms with E-state index in [9.17, 15) is 9.59 Å². The zero-order valence-electron chi connectivity index (χ0n) is 10.1. The Hall–Kier alpha value is -1.06. The van der Waals surface area contributed by atoms with Crippen LogP contribution in [0.5, 0.6) is 0 Å². The molecule has 88 valence electrons. The first-order valence-electron chi connectivity index (χ1n) is 4.97. The van der Waals surface area contributed by atoms with E-state index in [1.807, 2.05) is 13.8 Å². The molecule has 0 N–H and O–H groups in total. The summed E-state index contributed by atoms with van der Waals surface area (Å²) in [5, 5.41) is 0. The standard InChI is InChI=1S/C11H20O4/c1-8(10(13)15-5)6-11(2,3)7-9(12)14-4/h8H,6-7H2,1-5H3. The normalized spacial score (nSPS) is 13.1. The van der Waals surface area contributed by atoms with Crippen LogP contribution in [-0.2, 0) is 19.1 Å². The molecule has 4 nitrogen and oxygen atoms in total. The van der Waals surface area contributed by atoms with Crippen molar-refractivity contribution < 1.29 is 19.1 Å². The Balaban J connectivity index is 4.24. The molecule has 0 fully saturated rings. The van der Waals surface area contributed by atoms with Gasteiger partial charge in [0.1, 0.15) is 0 Å². The van der Waals surface area contributed by atoms with Gasteiger partial charge in [-0.3, -0.25) is 9.59 Å². The number of hydrogen-bond acceptors (Lipinski definition) is 4. The first kappa shape index (κ1) is 13.9. The van der Waals surface area contributed by atoms with E-state index < -0.39 is 0 Å². The molecule has 0 bridgehead atoms. The lowest BCUT2D eigenvalue weighted by Gasteiger charge is -2.25. The zero-order valence-corrected chi connectivity index (χ0v) is 10.1. The lowest BCUT2D eigenvalue weighted by atomic mass is 9.80. The Bertz CT molecular complexity index is 233. The number of carbonyl (C=O) groups is 2. The number of methoxy groups -OCH3 is 2. The number of carbonyl (C=O) groups excluding carboxylic acids is 2. The van der Waals surface area contributed by atoms with Crippen LogP contribution in [-0.4, -0.2) is 26.2 Å². The highest BCUT2D eigenvalue weighted by atomic mass is 16.5. The van der Waals surface area contributed by atoms with Gasteiger partial charge < -0.3 is 9.47 Å². The van der Waals surface area contributed by atoms with E-state index in [-0.39, 0.29) is 23.3 Å². The molecule has 0 radical (unpaired) electrons. The van der Waals surface area contributed by atoms with Crippen molar-refractivity contribution in [3.8, 4) is 0 Å². The highest BCUT2D eigenvalue weighted by Gasteiger charge is 2.28. The van der Waals surface area contributed by atoms with Gasteiger partial charge in [0.05, 0.1) is 26.6 Å². The molecule has 4 heteroatoms. The molecule has 0 saturated heterocycles. The van der Waals surface area contributed by atoms with Crippen molar-refractivity contribution in [1.82, 2.24) is 0 Å². The Labute approximate surface area is 90.9 Å². The second-order valence-electron chi connectivity index (χ2n) is 4.55. The Morgan fingerprint density at radius 1 is 1.20 bits per heavy atom.